The zero-order valence-corrected chi connectivity index (χ0v) is 12.3. The minimum Gasteiger partial charge on any atom is -0.395 e. The summed E-state index contributed by atoms with van der Waals surface area (Å²) in [6, 6.07) is 9.08. The molecule has 0 spiro atoms. The largest absolute Gasteiger partial charge is 0.395 e. The quantitative estimate of drug-likeness (QED) is 0.755. The predicted octanol–water partition coefficient (Wildman–Crippen LogP) is 1.15. The molecule has 3 aromatic rings. The van der Waals surface area contributed by atoms with Crippen molar-refractivity contribution in [2.45, 2.75) is 6.54 Å². The first-order valence-electron chi connectivity index (χ1n) is 7.10. The average molecular weight is 309 g/mol. The normalized spacial score (nSPS) is 10.8. The Balaban J connectivity index is 2.30. The predicted molar refractivity (Wildman–Crippen MR) is 87.0 cm³/mol. The first-order valence-corrected chi connectivity index (χ1v) is 7.10. The van der Waals surface area contributed by atoms with E-state index < -0.39 is 11.3 Å². The number of carbonyl (C=O) groups excluding carboxylic acids is 1. The molecule has 0 fully saturated rings. The van der Waals surface area contributed by atoms with Crippen LogP contribution in [-0.4, -0.2) is 27.2 Å². The Bertz CT molecular complexity index is 933. The zero-order valence-electron chi connectivity index (χ0n) is 12.3. The van der Waals surface area contributed by atoms with E-state index in [1.54, 1.807) is 23.0 Å². The smallest absolute Gasteiger partial charge is 0.254 e. The maximum atomic E-state index is 12.4. The van der Waals surface area contributed by atoms with Gasteiger partial charge in [-0.25, -0.2) is 0 Å². The number of aliphatic hydroxyl groups is 1. The van der Waals surface area contributed by atoms with Crippen molar-refractivity contribution in [3.8, 4) is 11.1 Å². The van der Waals surface area contributed by atoms with E-state index in [0.29, 0.717) is 10.9 Å². The zero-order chi connectivity index (χ0) is 16.4. The molecule has 0 atom stereocenters. The number of benzene rings is 1. The maximum absolute atomic E-state index is 12.4. The van der Waals surface area contributed by atoms with E-state index in [1.165, 1.54) is 6.20 Å². The fourth-order valence-electron chi connectivity index (χ4n) is 2.58. The molecule has 0 radical (unpaired) electrons. The molecule has 3 rings (SSSR count). The number of rotatable bonds is 4. The lowest BCUT2D eigenvalue weighted by Gasteiger charge is -2.12. The van der Waals surface area contributed by atoms with E-state index in [2.05, 4.69) is 4.98 Å². The minimum absolute atomic E-state index is 0.0809. The molecular weight excluding hydrogens is 294 g/mol. The Morgan fingerprint density at radius 1 is 1.17 bits per heavy atom. The highest BCUT2D eigenvalue weighted by Gasteiger charge is 2.13. The number of nitrogens with two attached hydrogens (primary N) is 1. The number of amides is 1. The van der Waals surface area contributed by atoms with Gasteiger partial charge in [-0.05, 0) is 35.4 Å². The van der Waals surface area contributed by atoms with E-state index in [9.17, 15) is 14.7 Å². The molecule has 0 aliphatic heterocycles. The fraction of sp³-hybridized carbons (Fsp3) is 0.118. The van der Waals surface area contributed by atoms with Gasteiger partial charge in [0, 0.05) is 30.5 Å². The molecule has 116 valence electrons. The van der Waals surface area contributed by atoms with Crippen LogP contribution in [0.4, 0.5) is 0 Å². The van der Waals surface area contributed by atoms with Gasteiger partial charge in [0.05, 0.1) is 12.1 Å². The minimum atomic E-state index is -0.776. The molecule has 6 heteroatoms. The monoisotopic (exact) mass is 309 g/mol. The van der Waals surface area contributed by atoms with Crippen LogP contribution >= 0.6 is 0 Å². The highest BCUT2D eigenvalue weighted by molar-refractivity contribution is 5.96. The average Bonchev–Trinajstić information content (AvgIpc) is 2.57. The van der Waals surface area contributed by atoms with Crippen molar-refractivity contribution in [3.05, 3.63) is 64.7 Å². The van der Waals surface area contributed by atoms with E-state index in [1.807, 2.05) is 24.3 Å². The number of pyridine rings is 2. The third-order valence-corrected chi connectivity index (χ3v) is 3.70. The highest BCUT2D eigenvalue weighted by atomic mass is 16.3. The summed E-state index contributed by atoms with van der Waals surface area (Å²) in [5.74, 6) is -0.776. The summed E-state index contributed by atoms with van der Waals surface area (Å²) >= 11 is 0. The number of fused-ring (bicyclic) bond motifs is 1. The van der Waals surface area contributed by atoms with Crippen molar-refractivity contribution in [2.75, 3.05) is 6.61 Å². The van der Waals surface area contributed by atoms with E-state index in [4.69, 9.17) is 5.73 Å². The Hall–Kier alpha value is -2.99. The molecule has 0 bridgehead atoms. The lowest BCUT2D eigenvalue weighted by Crippen LogP contribution is -2.24. The standard InChI is InChI=1S/C17H15N3O3/c18-17(23)14-10-20(7-8-21)15-9-12(1-2-13(15)16(14)22)11-3-5-19-6-4-11/h1-6,9-10,21H,7-8H2,(H2,18,23). The van der Waals surface area contributed by atoms with Crippen LogP contribution in [0.25, 0.3) is 22.0 Å². The number of nitrogens with zero attached hydrogens (tertiary/aromatic N) is 2. The molecule has 23 heavy (non-hydrogen) atoms. The molecule has 1 aromatic carbocycles. The van der Waals surface area contributed by atoms with E-state index >= 15 is 0 Å². The SMILES string of the molecule is NC(=O)c1cn(CCO)c2cc(-c3ccncc3)ccc2c1=O. The maximum Gasteiger partial charge on any atom is 0.254 e. The molecule has 1 amide bonds. The van der Waals surface area contributed by atoms with Crippen molar-refractivity contribution in [1.29, 1.82) is 0 Å². The Morgan fingerprint density at radius 3 is 2.57 bits per heavy atom. The molecule has 6 nitrogen and oxygen atoms in total. The van der Waals surface area contributed by atoms with Crippen LogP contribution in [0.1, 0.15) is 10.4 Å². The van der Waals surface area contributed by atoms with Crippen molar-refractivity contribution < 1.29 is 9.90 Å². The molecule has 2 aromatic heterocycles. The molecule has 2 heterocycles. The van der Waals surface area contributed by atoms with Gasteiger partial charge in [-0.15, -0.1) is 0 Å². The van der Waals surface area contributed by atoms with Crippen LogP contribution in [0.15, 0.2) is 53.7 Å². The second-order valence-electron chi connectivity index (χ2n) is 5.12. The van der Waals surface area contributed by atoms with Crippen molar-refractivity contribution >= 4 is 16.8 Å². The molecular formula is C17H15N3O3. The molecule has 0 unspecified atom stereocenters. The van der Waals surface area contributed by atoms with Crippen LogP contribution in [0, 0.1) is 0 Å². The summed E-state index contributed by atoms with van der Waals surface area (Å²) in [6.07, 6.45) is 4.78. The van der Waals surface area contributed by atoms with Gasteiger partial charge in [-0.1, -0.05) is 6.07 Å². The number of carbonyl (C=O) groups is 1. The Kier molecular flexibility index (Phi) is 3.91. The van der Waals surface area contributed by atoms with Crippen molar-refractivity contribution in [1.82, 2.24) is 9.55 Å². The molecule has 0 aliphatic carbocycles. The topological polar surface area (TPSA) is 98.2 Å². The highest BCUT2D eigenvalue weighted by Crippen LogP contribution is 2.23. The van der Waals surface area contributed by atoms with Gasteiger partial charge >= 0.3 is 0 Å². The third-order valence-electron chi connectivity index (χ3n) is 3.70. The summed E-state index contributed by atoms with van der Waals surface area (Å²) in [6.45, 7) is 0.145. The van der Waals surface area contributed by atoms with Crippen LogP contribution in [-0.2, 0) is 6.54 Å². The lowest BCUT2D eigenvalue weighted by molar-refractivity contribution is 0.0998. The van der Waals surface area contributed by atoms with Gasteiger partial charge < -0.3 is 15.4 Å². The second-order valence-corrected chi connectivity index (χ2v) is 5.12. The van der Waals surface area contributed by atoms with Gasteiger partial charge in [0.2, 0.25) is 5.43 Å². The van der Waals surface area contributed by atoms with Gasteiger partial charge in [-0.3, -0.25) is 14.6 Å². The number of aromatic nitrogens is 2. The summed E-state index contributed by atoms with van der Waals surface area (Å²) in [7, 11) is 0. The Morgan fingerprint density at radius 2 is 1.91 bits per heavy atom. The molecule has 0 saturated heterocycles. The first kappa shape index (κ1) is 14.9. The number of hydrogen-bond acceptors (Lipinski definition) is 4. The fourth-order valence-corrected chi connectivity index (χ4v) is 2.58. The van der Waals surface area contributed by atoms with E-state index in [0.717, 1.165) is 11.1 Å². The van der Waals surface area contributed by atoms with E-state index in [-0.39, 0.29) is 18.7 Å². The summed E-state index contributed by atoms with van der Waals surface area (Å²) in [5.41, 5.74) is 7.31. The van der Waals surface area contributed by atoms with Crippen LogP contribution in [0.5, 0.6) is 0 Å². The van der Waals surface area contributed by atoms with Gasteiger partial charge in [0.1, 0.15) is 5.56 Å². The van der Waals surface area contributed by atoms with Crippen molar-refractivity contribution in [2.24, 2.45) is 5.73 Å². The van der Waals surface area contributed by atoms with Crippen LogP contribution in [0.3, 0.4) is 0 Å². The summed E-state index contributed by atoms with van der Waals surface area (Å²) in [5, 5.41) is 9.64. The Labute approximate surface area is 131 Å². The third kappa shape index (κ3) is 2.72. The number of hydrogen-bond donors (Lipinski definition) is 2. The van der Waals surface area contributed by atoms with Gasteiger partial charge in [0.15, 0.2) is 0 Å². The lowest BCUT2D eigenvalue weighted by atomic mass is 10.0. The second kappa shape index (κ2) is 6.02. The molecule has 0 aliphatic rings. The van der Waals surface area contributed by atoms with Gasteiger partial charge in [-0.2, -0.15) is 0 Å². The number of primary amides is 1. The van der Waals surface area contributed by atoms with Gasteiger partial charge in [0.25, 0.3) is 5.91 Å². The van der Waals surface area contributed by atoms with Crippen molar-refractivity contribution in [3.63, 3.8) is 0 Å². The molecule has 3 N–H and O–H groups in total. The first-order chi connectivity index (χ1) is 11.1. The number of aliphatic hydroxyl groups excluding tert-OH is 1. The molecule has 0 saturated carbocycles. The summed E-state index contributed by atoms with van der Waals surface area (Å²) in [4.78, 5) is 27.8. The summed E-state index contributed by atoms with van der Waals surface area (Å²) < 4.78 is 1.67. The van der Waals surface area contributed by atoms with Crippen LogP contribution in [0.2, 0.25) is 0 Å². The van der Waals surface area contributed by atoms with Crippen LogP contribution < -0.4 is 11.2 Å².